The van der Waals surface area contributed by atoms with Crippen molar-refractivity contribution in [3.8, 4) is 5.75 Å². The highest BCUT2D eigenvalue weighted by Gasteiger charge is 2.32. The van der Waals surface area contributed by atoms with Crippen LogP contribution in [0.5, 0.6) is 5.75 Å². The largest absolute Gasteiger partial charge is 0.493 e. The quantitative estimate of drug-likeness (QED) is 0.802. The van der Waals surface area contributed by atoms with Crippen LogP contribution in [-0.4, -0.2) is 41.1 Å². The Morgan fingerprint density at radius 1 is 1.15 bits per heavy atom. The predicted molar refractivity (Wildman–Crippen MR) is 100 cm³/mol. The SMILES string of the molecule is CC1CCC(C(=O)O)CN1C(=O)CCCOc1cccc2ccccc12. The zero-order valence-corrected chi connectivity index (χ0v) is 15.1. The van der Waals surface area contributed by atoms with Crippen LogP contribution >= 0.6 is 0 Å². The molecule has 2 aromatic carbocycles. The Morgan fingerprint density at radius 3 is 2.73 bits per heavy atom. The highest BCUT2D eigenvalue weighted by molar-refractivity contribution is 5.88. The fourth-order valence-corrected chi connectivity index (χ4v) is 3.53. The van der Waals surface area contributed by atoms with Crippen LogP contribution in [0.25, 0.3) is 10.8 Å². The summed E-state index contributed by atoms with van der Waals surface area (Å²) < 4.78 is 5.88. The van der Waals surface area contributed by atoms with Gasteiger partial charge in [0.25, 0.3) is 0 Å². The van der Waals surface area contributed by atoms with Gasteiger partial charge in [-0.25, -0.2) is 0 Å². The summed E-state index contributed by atoms with van der Waals surface area (Å²) >= 11 is 0. The summed E-state index contributed by atoms with van der Waals surface area (Å²) in [6.07, 6.45) is 2.38. The molecule has 0 spiro atoms. The average molecular weight is 355 g/mol. The minimum absolute atomic E-state index is 0.0185. The highest BCUT2D eigenvalue weighted by atomic mass is 16.5. The first-order valence-electron chi connectivity index (χ1n) is 9.19. The molecule has 1 saturated heterocycles. The fraction of sp³-hybridized carbons (Fsp3) is 0.429. The molecule has 2 atom stereocenters. The van der Waals surface area contributed by atoms with E-state index in [4.69, 9.17) is 4.74 Å². The van der Waals surface area contributed by atoms with E-state index in [2.05, 4.69) is 0 Å². The fourth-order valence-electron chi connectivity index (χ4n) is 3.53. The third-order valence-electron chi connectivity index (χ3n) is 5.09. The van der Waals surface area contributed by atoms with Crippen molar-refractivity contribution in [1.29, 1.82) is 0 Å². The van der Waals surface area contributed by atoms with Crippen LogP contribution in [0.2, 0.25) is 0 Å². The number of aliphatic carboxylic acids is 1. The number of rotatable bonds is 6. The molecule has 1 aliphatic rings. The zero-order chi connectivity index (χ0) is 18.5. The van der Waals surface area contributed by atoms with Crippen LogP contribution in [0.4, 0.5) is 0 Å². The van der Waals surface area contributed by atoms with E-state index in [9.17, 15) is 14.7 Å². The lowest BCUT2D eigenvalue weighted by atomic mass is 9.93. The van der Waals surface area contributed by atoms with Gasteiger partial charge in [0.15, 0.2) is 0 Å². The van der Waals surface area contributed by atoms with Gasteiger partial charge in [-0.05, 0) is 37.6 Å². The molecule has 1 aliphatic heterocycles. The number of hydrogen-bond donors (Lipinski definition) is 1. The summed E-state index contributed by atoms with van der Waals surface area (Å²) in [4.78, 5) is 25.4. The van der Waals surface area contributed by atoms with Crippen molar-refractivity contribution in [3.05, 3.63) is 42.5 Å². The molecule has 5 heteroatoms. The number of carboxylic acid groups (broad SMARTS) is 1. The molecule has 2 unspecified atom stereocenters. The summed E-state index contributed by atoms with van der Waals surface area (Å²) in [5, 5.41) is 11.4. The zero-order valence-electron chi connectivity index (χ0n) is 15.1. The molecular weight excluding hydrogens is 330 g/mol. The normalized spacial score (nSPS) is 20.1. The van der Waals surface area contributed by atoms with E-state index in [0.717, 1.165) is 22.9 Å². The van der Waals surface area contributed by atoms with Gasteiger partial charge in [-0.2, -0.15) is 0 Å². The lowest BCUT2D eigenvalue weighted by Gasteiger charge is -2.36. The van der Waals surface area contributed by atoms with Gasteiger partial charge >= 0.3 is 5.97 Å². The number of carboxylic acids is 1. The first kappa shape index (κ1) is 18.2. The molecule has 0 bridgehead atoms. The topological polar surface area (TPSA) is 66.8 Å². The lowest BCUT2D eigenvalue weighted by molar-refractivity contribution is -0.147. The molecule has 1 amide bonds. The van der Waals surface area contributed by atoms with Crippen molar-refractivity contribution < 1.29 is 19.4 Å². The molecule has 5 nitrogen and oxygen atoms in total. The third-order valence-corrected chi connectivity index (χ3v) is 5.09. The molecule has 2 aromatic rings. The van der Waals surface area contributed by atoms with Gasteiger partial charge in [-0.1, -0.05) is 36.4 Å². The number of nitrogens with zero attached hydrogens (tertiary/aromatic N) is 1. The molecule has 138 valence electrons. The summed E-state index contributed by atoms with van der Waals surface area (Å²) in [5.41, 5.74) is 0. The van der Waals surface area contributed by atoms with E-state index >= 15 is 0 Å². The number of fused-ring (bicyclic) bond motifs is 1. The predicted octanol–water partition coefficient (Wildman–Crippen LogP) is 3.71. The van der Waals surface area contributed by atoms with Gasteiger partial charge in [-0.15, -0.1) is 0 Å². The van der Waals surface area contributed by atoms with Gasteiger partial charge in [0.05, 0.1) is 12.5 Å². The Bertz CT molecular complexity index is 783. The maximum atomic E-state index is 12.5. The highest BCUT2D eigenvalue weighted by Crippen LogP contribution is 2.26. The number of ether oxygens (including phenoxy) is 1. The van der Waals surface area contributed by atoms with E-state index in [1.54, 1.807) is 4.90 Å². The van der Waals surface area contributed by atoms with E-state index in [1.165, 1.54) is 0 Å². The number of hydrogen-bond acceptors (Lipinski definition) is 3. The van der Waals surface area contributed by atoms with Crippen LogP contribution in [0.15, 0.2) is 42.5 Å². The summed E-state index contributed by atoms with van der Waals surface area (Å²) in [6, 6.07) is 14.1. The molecule has 0 saturated carbocycles. The molecule has 3 rings (SSSR count). The molecule has 26 heavy (non-hydrogen) atoms. The summed E-state index contributed by atoms with van der Waals surface area (Å²) in [6.45, 7) is 2.77. The molecule has 1 N–H and O–H groups in total. The van der Waals surface area contributed by atoms with E-state index < -0.39 is 11.9 Å². The Labute approximate surface area is 153 Å². The van der Waals surface area contributed by atoms with Crippen molar-refractivity contribution in [3.63, 3.8) is 0 Å². The average Bonchev–Trinajstić information content (AvgIpc) is 2.65. The smallest absolute Gasteiger partial charge is 0.308 e. The summed E-state index contributed by atoms with van der Waals surface area (Å²) in [5.74, 6) is -0.408. The second-order valence-electron chi connectivity index (χ2n) is 6.94. The molecule has 1 fully saturated rings. The van der Waals surface area contributed by atoms with Crippen molar-refractivity contribution in [2.45, 2.75) is 38.6 Å². The van der Waals surface area contributed by atoms with Crippen molar-refractivity contribution in [2.24, 2.45) is 5.92 Å². The van der Waals surface area contributed by atoms with Crippen LogP contribution in [-0.2, 0) is 9.59 Å². The van der Waals surface area contributed by atoms with Gasteiger partial charge in [0.1, 0.15) is 5.75 Å². The van der Waals surface area contributed by atoms with E-state index in [1.807, 2.05) is 49.4 Å². The Morgan fingerprint density at radius 2 is 1.92 bits per heavy atom. The van der Waals surface area contributed by atoms with Crippen molar-refractivity contribution >= 4 is 22.6 Å². The maximum Gasteiger partial charge on any atom is 0.308 e. The first-order chi connectivity index (χ1) is 12.6. The molecule has 0 aliphatic carbocycles. The Hall–Kier alpha value is -2.56. The number of amides is 1. The van der Waals surface area contributed by atoms with E-state index in [-0.39, 0.29) is 11.9 Å². The maximum absolute atomic E-state index is 12.5. The standard InChI is InChI=1S/C21H25NO4/c1-15-11-12-17(21(24)25)14-22(15)20(23)10-5-13-26-19-9-4-7-16-6-2-3-8-18(16)19/h2-4,6-9,15,17H,5,10-14H2,1H3,(H,24,25). The van der Waals surface area contributed by atoms with Crippen LogP contribution in [0.3, 0.4) is 0 Å². The van der Waals surface area contributed by atoms with Crippen LogP contribution < -0.4 is 4.74 Å². The summed E-state index contributed by atoms with van der Waals surface area (Å²) in [7, 11) is 0. The Kier molecular flexibility index (Phi) is 5.76. The number of benzene rings is 2. The molecule has 0 radical (unpaired) electrons. The minimum atomic E-state index is -0.811. The third kappa shape index (κ3) is 4.15. The van der Waals surface area contributed by atoms with Gasteiger partial charge in [-0.3, -0.25) is 9.59 Å². The molecular formula is C21H25NO4. The molecule has 1 heterocycles. The van der Waals surface area contributed by atoms with Crippen molar-refractivity contribution in [2.75, 3.05) is 13.2 Å². The van der Waals surface area contributed by atoms with Crippen LogP contribution in [0.1, 0.15) is 32.6 Å². The van der Waals surface area contributed by atoms with E-state index in [0.29, 0.717) is 32.4 Å². The van der Waals surface area contributed by atoms with Gasteiger partial charge < -0.3 is 14.7 Å². The number of carbonyl (C=O) groups excluding carboxylic acids is 1. The van der Waals surface area contributed by atoms with Crippen LogP contribution in [0, 0.1) is 5.92 Å². The Balaban J connectivity index is 1.51. The second kappa shape index (κ2) is 8.21. The van der Waals surface area contributed by atoms with Gasteiger partial charge in [0.2, 0.25) is 5.91 Å². The lowest BCUT2D eigenvalue weighted by Crippen LogP contribution is -2.47. The number of carbonyl (C=O) groups is 2. The molecule has 0 aromatic heterocycles. The monoisotopic (exact) mass is 355 g/mol. The first-order valence-corrected chi connectivity index (χ1v) is 9.19. The minimum Gasteiger partial charge on any atom is -0.493 e. The second-order valence-corrected chi connectivity index (χ2v) is 6.94. The number of likely N-dealkylation sites (tertiary alicyclic amines) is 1. The number of piperidine rings is 1. The van der Waals surface area contributed by atoms with Gasteiger partial charge in [0, 0.05) is 24.4 Å². The van der Waals surface area contributed by atoms with Crippen molar-refractivity contribution in [1.82, 2.24) is 4.90 Å².